The number of rotatable bonds is 5. The van der Waals surface area contributed by atoms with E-state index in [0.717, 1.165) is 35.4 Å². The molecule has 2 amide bonds. The van der Waals surface area contributed by atoms with E-state index in [-0.39, 0.29) is 17.7 Å². The number of para-hydroxylation sites is 1. The number of piperidine rings is 1. The maximum absolute atomic E-state index is 12.6. The second-order valence-electron chi connectivity index (χ2n) is 6.41. The quantitative estimate of drug-likeness (QED) is 0.887. The normalized spacial score (nSPS) is 15.2. The van der Waals surface area contributed by atoms with Crippen LogP contribution in [-0.4, -0.2) is 29.8 Å². The number of carbonyl (C=O) groups is 2. The van der Waals surface area contributed by atoms with Gasteiger partial charge in [0.05, 0.1) is 6.42 Å². The molecule has 0 aliphatic carbocycles. The van der Waals surface area contributed by atoms with Crippen molar-refractivity contribution in [3.8, 4) is 0 Å². The van der Waals surface area contributed by atoms with Crippen LogP contribution >= 0.6 is 11.3 Å². The summed E-state index contributed by atoms with van der Waals surface area (Å²) in [5.74, 6) is 0.222. The topological polar surface area (TPSA) is 49.4 Å². The first-order valence-corrected chi connectivity index (χ1v) is 9.74. The fraction of sp³-hybridized carbons (Fsp3) is 0.400. The van der Waals surface area contributed by atoms with Crippen molar-refractivity contribution in [3.63, 3.8) is 0 Å². The Balaban J connectivity index is 1.51. The van der Waals surface area contributed by atoms with Crippen molar-refractivity contribution >= 4 is 28.8 Å². The van der Waals surface area contributed by atoms with Crippen molar-refractivity contribution in [2.75, 3.05) is 18.4 Å². The highest BCUT2D eigenvalue weighted by Gasteiger charge is 2.27. The van der Waals surface area contributed by atoms with Crippen molar-refractivity contribution in [1.29, 1.82) is 0 Å². The Bertz CT molecular complexity index is 719. The Morgan fingerprint density at radius 1 is 1.16 bits per heavy atom. The SMILES string of the molecule is CCc1ccccc1NC(=O)C1CCN(C(=O)Cc2cccs2)CC1. The molecule has 1 N–H and O–H groups in total. The van der Waals surface area contributed by atoms with E-state index in [9.17, 15) is 9.59 Å². The predicted octanol–water partition coefficient (Wildman–Crippen LogP) is 3.73. The lowest BCUT2D eigenvalue weighted by Gasteiger charge is -2.31. The van der Waals surface area contributed by atoms with Gasteiger partial charge in [0, 0.05) is 29.6 Å². The molecule has 0 radical (unpaired) electrons. The van der Waals surface area contributed by atoms with Crippen LogP contribution in [0.3, 0.4) is 0 Å². The van der Waals surface area contributed by atoms with Gasteiger partial charge in [0.1, 0.15) is 0 Å². The Morgan fingerprint density at radius 2 is 1.92 bits per heavy atom. The molecule has 0 bridgehead atoms. The van der Waals surface area contributed by atoms with Gasteiger partial charge in [0.2, 0.25) is 11.8 Å². The Morgan fingerprint density at radius 3 is 2.60 bits per heavy atom. The summed E-state index contributed by atoms with van der Waals surface area (Å²) in [5.41, 5.74) is 2.06. The van der Waals surface area contributed by atoms with Gasteiger partial charge in [-0.15, -0.1) is 11.3 Å². The summed E-state index contributed by atoms with van der Waals surface area (Å²) in [6.45, 7) is 3.41. The smallest absolute Gasteiger partial charge is 0.227 e. The highest BCUT2D eigenvalue weighted by molar-refractivity contribution is 7.10. The highest BCUT2D eigenvalue weighted by Crippen LogP contribution is 2.22. The third-order valence-corrected chi connectivity index (χ3v) is 5.66. The van der Waals surface area contributed by atoms with Crippen molar-refractivity contribution in [2.45, 2.75) is 32.6 Å². The van der Waals surface area contributed by atoms with Crippen molar-refractivity contribution < 1.29 is 9.59 Å². The Labute approximate surface area is 152 Å². The van der Waals surface area contributed by atoms with Gasteiger partial charge in [0.25, 0.3) is 0 Å². The number of anilines is 1. The van der Waals surface area contributed by atoms with E-state index in [1.54, 1.807) is 11.3 Å². The number of benzene rings is 1. The average molecular weight is 356 g/mol. The van der Waals surface area contributed by atoms with Gasteiger partial charge in [-0.2, -0.15) is 0 Å². The molecule has 132 valence electrons. The van der Waals surface area contributed by atoms with Crippen molar-refractivity contribution in [2.24, 2.45) is 5.92 Å². The molecule has 1 fully saturated rings. The molecule has 1 aliphatic heterocycles. The summed E-state index contributed by atoms with van der Waals surface area (Å²) >= 11 is 1.61. The first kappa shape index (κ1) is 17.7. The van der Waals surface area contributed by atoms with Crippen LogP contribution in [-0.2, 0) is 22.4 Å². The molecule has 0 saturated carbocycles. The molecule has 1 aromatic carbocycles. The molecule has 1 aliphatic rings. The van der Waals surface area contributed by atoms with Crippen LogP contribution in [0.4, 0.5) is 5.69 Å². The molecular formula is C20H24N2O2S. The second kappa shape index (κ2) is 8.30. The Hall–Kier alpha value is -2.14. The number of nitrogens with zero attached hydrogens (tertiary/aromatic N) is 1. The van der Waals surface area contributed by atoms with Crippen molar-refractivity contribution in [3.05, 3.63) is 52.2 Å². The highest BCUT2D eigenvalue weighted by atomic mass is 32.1. The molecule has 0 atom stereocenters. The largest absolute Gasteiger partial charge is 0.342 e. The average Bonchev–Trinajstić information content (AvgIpc) is 3.15. The maximum Gasteiger partial charge on any atom is 0.227 e. The lowest BCUT2D eigenvalue weighted by atomic mass is 9.95. The van der Waals surface area contributed by atoms with E-state index < -0.39 is 0 Å². The molecule has 2 aromatic rings. The van der Waals surface area contributed by atoms with Gasteiger partial charge in [-0.1, -0.05) is 31.2 Å². The van der Waals surface area contributed by atoms with Gasteiger partial charge in [-0.3, -0.25) is 9.59 Å². The minimum absolute atomic E-state index is 0.0179. The summed E-state index contributed by atoms with van der Waals surface area (Å²) in [6, 6.07) is 11.9. The molecule has 1 aromatic heterocycles. The fourth-order valence-corrected chi connectivity index (χ4v) is 3.95. The maximum atomic E-state index is 12.6. The van der Waals surface area contributed by atoms with E-state index in [1.807, 2.05) is 46.7 Å². The van der Waals surface area contributed by atoms with E-state index >= 15 is 0 Å². The van der Waals surface area contributed by atoms with E-state index in [0.29, 0.717) is 19.5 Å². The number of thiophene rings is 1. The van der Waals surface area contributed by atoms with E-state index in [4.69, 9.17) is 0 Å². The van der Waals surface area contributed by atoms with Gasteiger partial charge in [0.15, 0.2) is 0 Å². The molecule has 4 nitrogen and oxygen atoms in total. The number of carbonyl (C=O) groups excluding carboxylic acids is 2. The van der Waals surface area contributed by atoms with Crippen LogP contribution < -0.4 is 5.32 Å². The number of hydrogen-bond donors (Lipinski definition) is 1. The number of likely N-dealkylation sites (tertiary alicyclic amines) is 1. The van der Waals surface area contributed by atoms with Gasteiger partial charge in [-0.05, 0) is 42.3 Å². The lowest BCUT2D eigenvalue weighted by molar-refractivity contribution is -0.133. The van der Waals surface area contributed by atoms with Crippen LogP contribution in [0.15, 0.2) is 41.8 Å². The minimum atomic E-state index is -0.0179. The predicted molar refractivity (Wildman–Crippen MR) is 102 cm³/mol. The summed E-state index contributed by atoms with van der Waals surface area (Å²) in [6.07, 6.45) is 2.83. The molecule has 0 spiro atoms. The van der Waals surface area contributed by atoms with Crippen LogP contribution in [0, 0.1) is 5.92 Å². The van der Waals surface area contributed by atoms with Crippen LogP contribution in [0.1, 0.15) is 30.2 Å². The van der Waals surface area contributed by atoms with Gasteiger partial charge in [-0.25, -0.2) is 0 Å². The van der Waals surface area contributed by atoms with Crippen LogP contribution in [0.25, 0.3) is 0 Å². The molecule has 0 unspecified atom stereocenters. The zero-order valence-corrected chi connectivity index (χ0v) is 15.3. The summed E-state index contributed by atoms with van der Waals surface area (Å²) in [7, 11) is 0. The summed E-state index contributed by atoms with van der Waals surface area (Å²) in [4.78, 5) is 27.9. The molecule has 5 heteroatoms. The molecule has 2 heterocycles. The molecule has 25 heavy (non-hydrogen) atoms. The zero-order valence-electron chi connectivity index (χ0n) is 14.5. The second-order valence-corrected chi connectivity index (χ2v) is 7.44. The third-order valence-electron chi connectivity index (χ3n) is 4.78. The van der Waals surface area contributed by atoms with Gasteiger partial charge >= 0.3 is 0 Å². The van der Waals surface area contributed by atoms with Crippen LogP contribution in [0.2, 0.25) is 0 Å². The summed E-state index contributed by atoms with van der Waals surface area (Å²) < 4.78 is 0. The van der Waals surface area contributed by atoms with E-state index in [2.05, 4.69) is 12.2 Å². The lowest BCUT2D eigenvalue weighted by Crippen LogP contribution is -2.42. The van der Waals surface area contributed by atoms with Gasteiger partial charge < -0.3 is 10.2 Å². The first-order chi connectivity index (χ1) is 12.2. The molecule has 1 saturated heterocycles. The molecule has 3 rings (SSSR count). The Kier molecular flexibility index (Phi) is 5.87. The monoisotopic (exact) mass is 356 g/mol. The van der Waals surface area contributed by atoms with E-state index in [1.165, 1.54) is 0 Å². The molecular weight excluding hydrogens is 332 g/mol. The number of amides is 2. The first-order valence-electron chi connectivity index (χ1n) is 8.86. The summed E-state index contributed by atoms with van der Waals surface area (Å²) in [5, 5.41) is 5.06. The third kappa shape index (κ3) is 4.48. The number of nitrogens with one attached hydrogen (secondary N) is 1. The van der Waals surface area contributed by atoms with Crippen LogP contribution in [0.5, 0.6) is 0 Å². The standard InChI is InChI=1S/C20H24N2O2S/c1-2-15-6-3-4-8-18(15)21-20(24)16-9-11-22(12-10-16)19(23)14-17-7-5-13-25-17/h3-8,13,16H,2,9-12,14H2,1H3,(H,21,24). The zero-order chi connectivity index (χ0) is 17.6. The minimum Gasteiger partial charge on any atom is -0.342 e. The van der Waals surface area contributed by atoms with Crippen molar-refractivity contribution in [1.82, 2.24) is 4.90 Å². The number of aryl methyl sites for hydroxylation is 1. The fourth-order valence-electron chi connectivity index (χ4n) is 3.25. The number of hydrogen-bond acceptors (Lipinski definition) is 3.